The van der Waals surface area contributed by atoms with E-state index in [1.807, 2.05) is 25.1 Å². The maximum absolute atomic E-state index is 12.9. The van der Waals surface area contributed by atoms with Crippen molar-refractivity contribution in [1.29, 1.82) is 0 Å². The number of hydrogen-bond donors (Lipinski definition) is 0. The molecule has 0 saturated carbocycles. The SMILES string of the molecule is CCOC(=O)Cc1c(-c2cc3ccccc3n2Cc2ccccc2)n(Cc2ccccc2)c2ccccc12. The van der Waals surface area contributed by atoms with E-state index in [4.69, 9.17) is 4.74 Å². The molecule has 2 heterocycles. The summed E-state index contributed by atoms with van der Waals surface area (Å²) in [5.41, 5.74) is 7.90. The van der Waals surface area contributed by atoms with Gasteiger partial charge in [0.2, 0.25) is 0 Å². The fourth-order valence-electron chi connectivity index (χ4n) is 5.48. The zero-order valence-electron chi connectivity index (χ0n) is 21.5. The van der Waals surface area contributed by atoms with Crippen LogP contribution in [0.4, 0.5) is 0 Å². The lowest BCUT2D eigenvalue weighted by Gasteiger charge is -2.17. The second kappa shape index (κ2) is 10.4. The molecule has 0 amide bonds. The highest BCUT2D eigenvalue weighted by Gasteiger charge is 2.24. The fourth-order valence-corrected chi connectivity index (χ4v) is 5.48. The van der Waals surface area contributed by atoms with Crippen LogP contribution in [0.2, 0.25) is 0 Å². The van der Waals surface area contributed by atoms with Crippen molar-refractivity contribution < 1.29 is 9.53 Å². The Morgan fingerprint density at radius 3 is 1.95 bits per heavy atom. The third kappa shape index (κ3) is 4.50. The van der Waals surface area contributed by atoms with Crippen LogP contribution in [0.1, 0.15) is 23.6 Å². The van der Waals surface area contributed by atoms with Crippen molar-refractivity contribution in [2.45, 2.75) is 26.4 Å². The van der Waals surface area contributed by atoms with Gasteiger partial charge in [0, 0.05) is 34.9 Å². The van der Waals surface area contributed by atoms with Gasteiger partial charge < -0.3 is 13.9 Å². The average molecular weight is 499 g/mol. The number of nitrogens with zero attached hydrogens (tertiary/aromatic N) is 2. The molecule has 0 unspecified atom stereocenters. The Kier molecular flexibility index (Phi) is 6.53. The molecule has 0 aliphatic rings. The highest BCUT2D eigenvalue weighted by Crippen LogP contribution is 2.38. The van der Waals surface area contributed by atoms with Crippen molar-refractivity contribution in [1.82, 2.24) is 9.13 Å². The van der Waals surface area contributed by atoms with Crippen LogP contribution >= 0.6 is 0 Å². The molecule has 4 aromatic carbocycles. The summed E-state index contributed by atoms with van der Waals surface area (Å²) in [6.45, 7) is 3.65. The third-order valence-electron chi connectivity index (χ3n) is 7.12. The number of benzene rings is 4. The van der Waals surface area contributed by atoms with Crippen LogP contribution in [0.15, 0.2) is 115 Å². The largest absolute Gasteiger partial charge is 0.466 e. The van der Waals surface area contributed by atoms with Gasteiger partial charge in [0.15, 0.2) is 0 Å². The number of hydrogen-bond acceptors (Lipinski definition) is 2. The van der Waals surface area contributed by atoms with Crippen molar-refractivity contribution in [2.75, 3.05) is 6.61 Å². The summed E-state index contributed by atoms with van der Waals surface area (Å²) in [5, 5.41) is 2.26. The summed E-state index contributed by atoms with van der Waals surface area (Å²) in [7, 11) is 0. The lowest BCUT2D eigenvalue weighted by Crippen LogP contribution is -2.11. The number of ether oxygens (including phenoxy) is 1. The summed E-state index contributed by atoms with van der Waals surface area (Å²) < 4.78 is 10.2. The summed E-state index contributed by atoms with van der Waals surface area (Å²) in [5.74, 6) is -0.206. The number of aromatic nitrogens is 2. The van der Waals surface area contributed by atoms with Gasteiger partial charge in [-0.05, 0) is 41.8 Å². The molecule has 188 valence electrons. The van der Waals surface area contributed by atoms with E-state index in [0.717, 1.165) is 34.4 Å². The first-order valence-electron chi connectivity index (χ1n) is 13.1. The minimum Gasteiger partial charge on any atom is -0.466 e. The van der Waals surface area contributed by atoms with Crippen molar-refractivity contribution in [2.24, 2.45) is 0 Å². The third-order valence-corrected chi connectivity index (χ3v) is 7.12. The lowest BCUT2D eigenvalue weighted by molar-refractivity contribution is -0.142. The summed E-state index contributed by atoms with van der Waals surface area (Å²) in [6.07, 6.45) is 0.221. The first-order chi connectivity index (χ1) is 18.7. The van der Waals surface area contributed by atoms with Crippen molar-refractivity contribution in [3.63, 3.8) is 0 Å². The van der Waals surface area contributed by atoms with Gasteiger partial charge >= 0.3 is 5.97 Å². The van der Waals surface area contributed by atoms with Gasteiger partial charge in [0.1, 0.15) is 0 Å². The molecule has 4 nitrogen and oxygen atoms in total. The van der Waals surface area contributed by atoms with Crippen LogP contribution in [-0.2, 0) is 29.0 Å². The molecule has 6 rings (SSSR count). The highest BCUT2D eigenvalue weighted by molar-refractivity contribution is 5.97. The van der Waals surface area contributed by atoms with Crippen molar-refractivity contribution >= 4 is 27.8 Å². The predicted octanol–water partition coefficient (Wildman–Crippen LogP) is 7.47. The van der Waals surface area contributed by atoms with E-state index in [9.17, 15) is 4.79 Å². The van der Waals surface area contributed by atoms with Gasteiger partial charge in [-0.15, -0.1) is 0 Å². The molecule has 0 saturated heterocycles. The molecular formula is C34H30N2O2. The molecule has 2 aromatic heterocycles. The summed E-state index contributed by atoms with van der Waals surface area (Å²) >= 11 is 0. The van der Waals surface area contributed by atoms with E-state index in [0.29, 0.717) is 13.2 Å². The van der Waals surface area contributed by atoms with Crippen LogP contribution in [0.3, 0.4) is 0 Å². The monoisotopic (exact) mass is 498 g/mol. The molecule has 0 aliphatic carbocycles. The molecule has 0 fully saturated rings. The molecule has 0 spiro atoms. The molecule has 0 N–H and O–H groups in total. The Balaban J connectivity index is 1.64. The second-order valence-electron chi connectivity index (χ2n) is 9.56. The molecule has 6 aromatic rings. The minimum atomic E-state index is -0.206. The molecular weight excluding hydrogens is 468 g/mol. The van der Waals surface area contributed by atoms with Crippen LogP contribution in [0, 0.1) is 0 Å². The van der Waals surface area contributed by atoms with E-state index in [1.165, 1.54) is 22.0 Å². The average Bonchev–Trinajstić information content (AvgIpc) is 3.45. The number of esters is 1. The van der Waals surface area contributed by atoms with Gasteiger partial charge in [-0.1, -0.05) is 97.1 Å². The van der Waals surface area contributed by atoms with Gasteiger partial charge in [-0.2, -0.15) is 0 Å². The number of carbonyl (C=O) groups excluding carboxylic acids is 1. The smallest absolute Gasteiger partial charge is 0.310 e. The van der Waals surface area contributed by atoms with Crippen LogP contribution < -0.4 is 0 Å². The first kappa shape index (κ1) is 23.8. The molecule has 0 bridgehead atoms. The molecule has 0 atom stereocenters. The predicted molar refractivity (Wildman–Crippen MR) is 154 cm³/mol. The van der Waals surface area contributed by atoms with E-state index < -0.39 is 0 Å². The summed E-state index contributed by atoms with van der Waals surface area (Å²) in [4.78, 5) is 12.9. The van der Waals surface area contributed by atoms with E-state index in [-0.39, 0.29) is 12.4 Å². The Hall–Kier alpha value is -4.57. The van der Waals surface area contributed by atoms with Gasteiger partial charge in [0.05, 0.1) is 24.4 Å². The van der Waals surface area contributed by atoms with Crippen LogP contribution in [0.5, 0.6) is 0 Å². The molecule has 0 aliphatic heterocycles. The Morgan fingerprint density at radius 1 is 0.684 bits per heavy atom. The Morgan fingerprint density at radius 2 is 1.26 bits per heavy atom. The normalized spacial score (nSPS) is 11.3. The number of carbonyl (C=O) groups is 1. The topological polar surface area (TPSA) is 36.2 Å². The van der Waals surface area contributed by atoms with Gasteiger partial charge in [-0.25, -0.2) is 0 Å². The number of fused-ring (bicyclic) bond motifs is 2. The Labute approximate surface area is 222 Å². The molecule has 38 heavy (non-hydrogen) atoms. The van der Waals surface area contributed by atoms with Gasteiger partial charge in [-0.3, -0.25) is 4.79 Å². The second-order valence-corrected chi connectivity index (χ2v) is 9.56. The van der Waals surface area contributed by atoms with Crippen LogP contribution in [-0.4, -0.2) is 21.7 Å². The number of para-hydroxylation sites is 2. The lowest BCUT2D eigenvalue weighted by atomic mass is 10.1. The highest BCUT2D eigenvalue weighted by atomic mass is 16.5. The minimum absolute atomic E-state index is 0.206. The standard InChI is InChI=1S/C34H30N2O2/c1-2-38-33(37)22-29-28-18-10-12-20-31(28)36(24-26-15-7-4-8-16-26)34(29)32-21-27-17-9-11-19-30(27)35(32)23-25-13-5-3-6-14-25/h3-21H,2,22-24H2,1H3. The van der Waals surface area contributed by atoms with Crippen molar-refractivity contribution in [3.05, 3.63) is 132 Å². The quantitative estimate of drug-likeness (QED) is 0.204. The maximum atomic E-state index is 12.9. The van der Waals surface area contributed by atoms with Crippen LogP contribution in [0.25, 0.3) is 33.2 Å². The van der Waals surface area contributed by atoms with Crippen molar-refractivity contribution in [3.8, 4) is 11.4 Å². The maximum Gasteiger partial charge on any atom is 0.310 e. The first-order valence-corrected chi connectivity index (χ1v) is 13.1. The van der Waals surface area contributed by atoms with Gasteiger partial charge in [0.25, 0.3) is 0 Å². The van der Waals surface area contributed by atoms with E-state index in [1.54, 1.807) is 0 Å². The molecule has 0 radical (unpaired) electrons. The summed E-state index contributed by atoms with van der Waals surface area (Å²) in [6, 6.07) is 40.2. The Bertz CT molecular complexity index is 1710. The van der Waals surface area contributed by atoms with E-state index >= 15 is 0 Å². The zero-order chi connectivity index (χ0) is 25.9. The zero-order valence-corrected chi connectivity index (χ0v) is 21.5. The molecule has 4 heteroatoms. The number of rotatable bonds is 8. The fraction of sp³-hybridized carbons (Fsp3) is 0.147. The van der Waals surface area contributed by atoms with E-state index in [2.05, 4.69) is 106 Å².